The summed E-state index contributed by atoms with van der Waals surface area (Å²) >= 11 is 0. The number of anilines is 2. The van der Waals surface area contributed by atoms with Gasteiger partial charge in [0.05, 0.1) is 11.3 Å². The van der Waals surface area contributed by atoms with Crippen LogP contribution in [0.1, 0.15) is 32.1 Å². The molecular weight excluding hydrogens is 444 g/mol. The lowest BCUT2D eigenvalue weighted by atomic mass is 9.96. The highest BCUT2D eigenvalue weighted by Gasteiger charge is 2.17. The largest absolute Gasteiger partial charge is 0.438 e. The maximum Gasteiger partial charge on any atom is 0.431 e. The van der Waals surface area contributed by atoms with Crippen molar-refractivity contribution in [2.75, 3.05) is 11.2 Å². The standard InChI is InChI=1S/C26H26N6O3/c27-21-12-4-10-19-18(21)9-5-13-23(19)34-24-20(11-6-15-28-24)22-14-16-29-25(31-22)32-35-26(33)30-17-7-2-1-3-8-17/h4-6,9-17H,1-3,7-8,27H2,(H,30,33)(H,29,31,32). The van der Waals surface area contributed by atoms with Crippen molar-refractivity contribution >= 4 is 28.5 Å². The van der Waals surface area contributed by atoms with Gasteiger partial charge in [-0.25, -0.2) is 19.7 Å². The van der Waals surface area contributed by atoms with Crippen molar-refractivity contribution in [1.29, 1.82) is 0 Å². The lowest BCUT2D eigenvalue weighted by molar-refractivity contribution is 0.161. The highest BCUT2D eigenvalue weighted by atomic mass is 16.7. The molecule has 0 unspecified atom stereocenters. The van der Waals surface area contributed by atoms with E-state index in [0.29, 0.717) is 28.6 Å². The minimum atomic E-state index is -0.550. The Morgan fingerprint density at radius 2 is 1.74 bits per heavy atom. The van der Waals surface area contributed by atoms with Gasteiger partial charge < -0.3 is 20.6 Å². The first-order chi connectivity index (χ1) is 17.2. The van der Waals surface area contributed by atoms with Gasteiger partial charge in [-0.3, -0.25) is 0 Å². The van der Waals surface area contributed by atoms with E-state index >= 15 is 0 Å². The molecule has 1 aliphatic carbocycles. The van der Waals surface area contributed by atoms with Gasteiger partial charge in [0.2, 0.25) is 5.88 Å². The van der Waals surface area contributed by atoms with Crippen LogP contribution in [0.4, 0.5) is 16.4 Å². The number of nitrogens with zero attached hydrogens (tertiary/aromatic N) is 3. The molecule has 1 saturated carbocycles. The van der Waals surface area contributed by atoms with Crippen LogP contribution in [0.2, 0.25) is 0 Å². The topological polar surface area (TPSA) is 124 Å². The van der Waals surface area contributed by atoms with Gasteiger partial charge in [-0.15, -0.1) is 0 Å². The fraction of sp³-hybridized carbons (Fsp3) is 0.231. The second kappa shape index (κ2) is 10.3. The van der Waals surface area contributed by atoms with Crippen molar-refractivity contribution in [1.82, 2.24) is 20.3 Å². The van der Waals surface area contributed by atoms with Crippen molar-refractivity contribution in [3.63, 3.8) is 0 Å². The Kier molecular flexibility index (Phi) is 6.56. The summed E-state index contributed by atoms with van der Waals surface area (Å²) in [5.41, 5.74) is 10.5. The normalized spacial score (nSPS) is 13.8. The first-order valence-electron chi connectivity index (χ1n) is 11.6. The molecular formula is C26H26N6O3. The number of nitrogens with one attached hydrogen (secondary N) is 2. The summed E-state index contributed by atoms with van der Waals surface area (Å²) in [6, 6.07) is 16.9. The summed E-state index contributed by atoms with van der Waals surface area (Å²) in [7, 11) is 0. The maximum atomic E-state index is 12.1. The van der Waals surface area contributed by atoms with Crippen LogP contribution in [0, 0.1) is 0 Å². The number of benzene rings is 2. The lowest BCUT2D eigenvalue weighted by Crippen LogP contribution is -2.37. The molecule has 0 radical (unpaired) electrons. The van der Waals surface area contributed by atoms with Crippen LogP contribution in [0.15, 0.2) is 67.0 Å². The average molecular weight is 471 g/mol. The minimum Gasteiger partial charge on any atom is -0.438 e. The van der Waals surface area contributed by atoms with E-state index in [-0.39, 0.29) is 12.0 Å². The number of hydrogen-bond acceptors (Lipinski definition) is 8. The van der Waals surface area contributed by atoms with Crippen molar-refractivity contribution < 1.29 is 14.4 Å². The Labute approximate surface area is 202 Å². The number of nitrogen functional groups attached to an aromatic ring is 1. The highest BCUT2D eigenvalue weighted by molar-refractivity contribution is 5.97. The number of rotatable bonds is 6. The third kappa shape index (κ3) is 5.24. The van der Waals surface area contributed by atoms with Crippen LogP contribution in [0.25, 0.3) is 22.0 Å². The van der Waals surface area contributed by atoms with E-state index in [2.05, 4.69) is 25.7 Å². The van der Waals surface area contributed by atoms with Crippen molar-refractivity contribution in [3.8, 4) is 22.9 Å². The molecule has 5 rings (SSSR count). The van der Waals surface area contributed by atoms with Crippen molar-refractivity contribution in [3.05, 3.63) is 67.0 Å². The van der Waals surface area contributed by atoms with E-state index in [0.717, 1.165) is 36.5 Å². The number of aromatic nitrogens is 3. The Balaban J connectivity index is 1.33. The molecule has 35 heavy (non-hydrogen) atoms. The van der Waals surface area contributed by atoms with Crippen LogP contribution >= 0.6 is 0 Å². The van der Waals surface area contributed by atoms with Gasteiger partial charge in [-0.1, -0.05) is 43.5 Å². The third-order valence-electron chi connectivity index (χ3n) is 5.99. The average Bonchev–Trinajstić information content (AvgIpc) is 2.89. The second-order valence-electron chi connectivity index (χ2n) is 8.39. The molecule has 0 atom stereocenters. The minimum absolute atomic E-state index is 0.143. The quantitative estimate of drug-likeness (QED) is 0.251. The smallest absolute Gasteiger partial charge is 0.431 e. The third-order valence-corrected chi connectivity index (χ3v) is 5.99. The number of amides is 1. The van der Waals surface area contributed by atoms with Crippen LogP contribution in [-0.4, -0.2) is 27.1 Å². The van der Waals surface area contributed by atoms with Crippen LogP contribution in [-0.2, 0) is 4.84 Å². The van der Waals surface area contributed by atoms with Gasteiger partial charge in [0, 0.05) is 34.9 Å². The number of nitrogens with two attached hydrogens (primary N) is 1. The van der Waals surface area contributed by atoms with E-state index in [9.17, 15) is 4.79 Å². The molecule has 178 valence electrons. The van der Waals surface area contributed by atoms with Gasteiger partial charge >= 0.3 is 6.09 Å². The number of pyridine rings is 1. The van der Waals surface area contributed by atoms with E-state index < -0.39 is 6.09 Å². The summed E-state index contributed by atoms with van der Waals surface area (Å²) < 4.78 is 6.21. The molecule has 1 fully saturated rings. The summed E-state index contributed by atoms with van der Waals surface area (Å²) in [5, 5.41) is 4.66. The summed E-state index contributed by atoms with van der Waals surface area (Å²) in [6.07, 6.45) is 8.05. The van der Waals surface area contributed by atoms with Crippen LogP contribution < -0.4 is 21.3 Å². The monoisotopic (exact) mass is 470 g/mol. The second-order valence-corrected chi connectivity index (χ2v) is 8.39. The number of ether oxygens (including phenoxy) is 1. The summed E-state index contributed by atoms with van der Waals surface area (Å²) in [4.78, 5) is 30.3. The molecule has 2 aromatic heterocycles. The molecule has 0 spiro atoms. The van der Waals surface area contributed by atoms with Gasteiger partial charge in [-0.05, 0) is 43.2 Å². The molecule has 0 bridgehead atoms. The van der Waals surface area contributed by atoms with Crippen LogP contribution in [0.5, 0.6) is 11.6 Å². The number of carbonyl (C=O) groups is 1. The summed E-state index contributed by atoms with van der Waals surface area (Å²) in [6.45, 7) is 0. The molecule has 9 heteroatoms. The Hall–Kier alpha value is -4.40. The Morgan fingerprint density at radius 3 is 2.63 bits per heavy atom. The van der Waals surface area contributed by atoms with Gasteiger partial charge in [0.25, 0.3) is 5.95 Å². The predicted molar refractivity (Wildman–Crippen MR) is 134 cm³/mol. The number of carbonyl (C=O) groups excluding carboxylic acids is 1. The van der Waals surface area contributed by atoms with Gasteiger partial charge in [0.1, 0.15) is 5.75 Å². The van der Waals surface area contributed by atoms with Gasteiger partial charge in [-0.2, -0.15) is 5.48 Å². The lowest BCUT2D eigenvalue weighted by Gasteiger charge is -2.22. The summed E-state index contributed by atoms with van der Waals surface area (Å²) in [5.74, 6) is 1.15. The molecule has 4 N–H and O–H groups in total. The van der Waals surface area contributed by atoms with E-state index in [4.69, 9.17) is 15.3 Å². The number of fused-ring (bicyclic) bond motifs is 1. The zero-order valence-corrected chi connectivity index (χ0v) is 19.1. The molecule has 1 amide bonds. The fourth-order valence-electron chi connectivity index (χ4n) is 4.26. The first-order valence-corrected chi connectivity index (χ1v) is 11.6. The molecule has 0 saturated heterocycles. The Bertz CT molecular complexity index is 1340. The molecule has 9 nitrogen and oxygen atoms in total. The molecule has 0 aliphatic heterocycles. The SMILES string of the molecule is Nc1cccc2c(Oc3ncccc3-c3ccnc(NOC(=O)NC4CCCCC4)n3)cccc12. The molecule has 2 heterocycles. The van der Waals surface area contributed by atoms with Crippen molar-refractivity contribution in [2.24, 2.45) is 0 Å². The maximum absolute atomic E-state index is 12.1. The van der Waals surface area contributed by atoms with E-state index in [1.165, 1.54) is 6.42 Å². The first kappa shape index (κ1) is 22.4. The highest BCUT2D eigenvalue weighted by Crippen LogP contribution is 2.35. The zero-order chi connectivity index (χ0) is 24.0. The Morgan fingerprint density at radius 1 is 0.914 bits per heavy atom. The molecule has 4 aromatic rings. The molecule has 1 aliphatic rings. The van der Waals surface area contributed by atoms with Crippen molar-refractivity contribution in [2.45, 2.75) is 38.1 Å². The van der Waals surface area contributed by atoms with E-state index in [1.54, 1.807) is 24.5 Å². The van der Waals surface area contributed by atoms with Crippen LogP contribution in [0.3, 0.4) is 0 Å². The number of hydrogen-bond donors (Lipinski definition) is 3. The zero-order valence-electron chi connectivity index (χ0n) is 19.1. The van der Waals surface area contributed by atoms with Gasteiger partial charge in [0.15, 0.2) is 0 Å². The predicted octanol–water partition coefficient (Wildman–Crippen LogP) is 5.45. The fourth-order valence-corrected chi connectivity index (χ4v) is 4.26. The van der Waals surface area contributed by atoms with E-state index in [1.807, 2.05) is 42.5 Å². The molecule has 2 aromatic carbocycles.